The molecule has 0 aromatic heterocycles. The second-order valence-electron chi connectivity index (χ2n) is 4.21. The first-order chi connectivity index (χ1) is 8.58. The Balaban J connectivity index is 1.99. The zero-order chi connectivity index (χ0) is 13.1. The average molecular weight is 289 g/mol. The van der Waals surface area contributed by atoms with Crippen molar-refractivity contribution >= 4 is 34.8 Å². The lowest BCUT2D eigenvalue weighted by molar-refractivity contribution is -0.126. The van der Waals surface area contributed by atoms with Gasteiger partial charge in [-0.1, -0.05) is 23.2 Å². The van der Waals surface area contributed by atoms with Gasteiger partial charge in [0.05, 0.1) is 6.10 Å². The Morgan fingerprint density at radius 2 is 2.00 bits per heavy atom. The zero-order valence-electron chi connectivity index (χ0n) is 9.66. The Bertz CT molecular complexity index is 433. The summed E-state index contributed by atoms with van der Waals surface area (Å²) in [6.45, 7) is 0.437. The van der Waals surface area contributed by atoms with Gasteiger partial charge in [0.1, 0.15) is 6.10 Å². The van der Waals surface area contributed by atoms with E-state index in [1.165, 1.54) is 0 Å². The molecule has 1 aliphatic rings. The van der Waals surface area contributed by atoms with Gasteiger partial charge in [-0.3, -0.25) is 4.79 Å². The minimum atomic E-state index is -0.448. The number of anilines is 1. The molecule has 0 aliphatic carbocycles. The highest BCUT2D eigenvalue weighted by atomic mass is 35.5. The molecule has 98 valence electrons. The molecule has 1 aromatic rings. The van der Waals surface area contributed by atoms with Crippen molar-refractivity contribution in [3.05, 3.63) is 28.2 Å². The summed E-state index contributed by atoms with van der Waals surface area (Å²) in [5.41, 5.74) is 6.06. The highest BCUT2D eigenvalue weighted by molar-refractivity contribution is 6.35. The highest BCUT2D eigenvalue weighted by Crippen LogP contribution is 2.24. The van der Waals surface area contributed by atoms with Crippen LogP contribution in [0.15, 0.2) is 18.2 Å². The average Bonchev–Trinajstić information content (AvgIpc) is 2.75. The van der Waals surface area contributed by atoms with Gasteiger partial charge in [0.15, 0.2) is 0 Å². The Labute approximate surface area is 115 Å². The molecule has 0 spiro atoms. The molecule has 0 radical (unpaired) electrons. The quantitative estimate of drug-likeness (QED) is 0.898. The van der Waals surface area contributed by atoms with Crippen molar-refractivity contribution in [3.8, 4) is 0 Å². The summed E-state index contributed by atoms with van der Waals surface area (Å²) in [6.07, 6.45) is 1.02. The molecule has 18 heavy (non-hydrogen) atoms. The lowest BCUT2D eigenvalue weighted by Gasteiger charge is -2.13. The van der Waals surface area contributed by atoms with Crippen molar-refractivity contribution in [1.29, 1.82) is 0 Å². The number of carbonyl (C=O) groups is 1. The molecule has 4 nitrogen and oxygen atoms in total. The molecule has 2 rings (SSSR count). The van der Waals surface area contributed by atoms with Crippen molar-refractivity contribution in [1.82, 2.24) is 0 Å². The summed E-state index contributed by atoms with van der Waals surface area (Å²) in [7, 11) is 0. The third-order valence-corrected chi connectivity index (χ3v) is 3.23. The summed E-state index contributed by atoms with van der Waals surface area (Å²) in [5.74, 6) is -0.190. The molecule has 0 bridgehead atoms. The summed E-state index contributed by atoms with van der Waals surface area (Å²) in [6, 6.07) is 4.89. The van der Waals surface area contributed by atoms with E-state index in [2.05, 4.69) is 5.32 Å². The smallest absolute Gasteiger partial charge is 0.253 e. The summed E-state index contributed by atoms with van der Waals surface area (Å²) < 4.78 is 5.50. The van der Waals surface area contributed by atoms with Gasteiger partial charge in [-0.2, -0.15) is 0 Å². The number of amides is 1. The molecule has 3 N–H and O–H groups in total. The molecule has 1 heterocycles. The van der Waals surface area contributed by atoms with E-state index < -0.39 is 6.10 Å². The number of carbonyl (C=O) groups excluding carboxylic acids is 1. The normalized spacial score (nSPS) is 23.1. The number of nitrogens with one attached hydrogen (secondary N) is 1. The van der Waals surface area contributed by atoms with E-state index in [1.54, 1.807) is 18.2 Å². The van der Waals surface area contributed by atoms with Crippen LogP contribution in [-0.4, -0.2) is 24.7 Å². The van der Waals surface area contributed by atoms with Gasteiger partial charge in [0.2, 0.25) is 0 Å². The third-order valence-electron chi connectivity index (χ3n) is 2.79. The molecule has 1 aromatic carbocycles. The first kappa shape index (κ1) is 13.6. The van der Waals surface area contributed by atoms with Crippen LogP contribution in [0.25, 0.3) is 0 Å². The van der Waals surface area contributed by atoms with Crippen LogP contribution in [0.3, 0.4) is 0 Å². The Morgan fingerprint density at radius 3 is 2.56 bits per heavy atom. The molecule has 0 saturated carbocycles. The van der Waals surface area contributed by atoms with Gasteiger partial charge in [-0.25, -0.2) is 0 Å². The van der Waals surface area contributed by atoms with Crippen LogP contribution < -0.4 is 11.1 Å². The number of rotatable bonds is 3. The van der Waals surface area contributed by atoms with Gasteiger partial charge < -0.3 is 15.8 Å². The van der Waals surface area contributed by atoms with E-state index in [-0.39, 0.29) is 12.0 Å². The maximum atomic E-state index is 11.9. The Hall–Kier alpha value is -0.810. The SMILES string of the molecule is NCC1CCC(C(=O)Nc2cc(Cl)cc(Cl)c2)O1. The topological polar surface area (TPSA) is 64.4 Å². The van der Waals surface area contributed by atoms with E-state index in [0.717, 1.165) is 6.42 Å². The number of halogens is 2. The first-order valence-electron chi connectivity index (χ1n) is 5.71. The van der Waals surface area contributed by atoms with E-state index in [4.69, 9.17) is 33.7 Å². The monoisotopic (exact) mass is 288 g/mol. The van der Waals surface area contributed by atoms with Gasteiger partial charge in [-0.05, 0) is 31.0 Å². The lowest BCUT2D eigenvalue weighted by Crippen LogP contribution is -2.29. The number of hydrogen-bond donors (Lipinski definition) is 2. The molecular weight excluding hydrogens is 275 g/mol. The summed E-state index contributed by atoms with van der Waals surface area (Å²) >= 11 is 11.7. The number of ether oxygens (including phenoxy) is 1. The van der Waals surface area contributed by atoms with Gasteiger partial charge in [-0.15, -0.1) is 0 Å². The van der Waals surface area contributed by atoms with Crippen molar-refractivity contribution < 1.29 is 9.53 Å². The van der Waals surface area contributed by atoms with Gasteiger partial charge in [0, 0.05) is 22.3 Å². The van der Waals surface area contributed by atoms with Crippen LogP contribution in [-0.2, 0) is 9.53 Å². The van der Waals surface area contributed by atoms with Crippen LogP contribution in [0.2, 0.25) is 10.0 Å². The van der Waals surface area contributed by atoms with Crippen molar-refractivity contribution in [2.45, 2.75) is 25.0 Å². The fourth-order valence-corrected chi connectivity index (χ4v) is 2.45. The van der Waals surface area contributed by atoms with E-state index >= 15 is 0 Å². The fraction of sp³-hybridized carbons (Fsp3) is 0.417. The second-order valence-corrected chi connectivity index (χ2v) is 5.08. The molecular formula is C12H14Cl2N2O2. The molecule has 1 fully saturated rings. The fourth-order valence-electron chi connectivity index (χ4n) is 1.92. The standard InChI is InChI=1S/C12H14Cl2N2O2/c13-7-3-8(14)5-9(4-7)16-12(17)11-2-1-10(6-15)18-11/h3-5,10-11H,1-2,6,15H2,(H,16,17). The van der Waals surface area contributed by atoms with E-state index in [0.29, 0.717) is 28.7 Å². The first-order valence-corrected chi connectivity index (χ1v) is 6.46. The van der Waals surface area contributed by atoms with E-state index in [1.807, 2.05) is 0 Å². The van der Waals surface area contributed by atoms with Gasteiger partial charge >= 0.3 is 0 Å². The number of benzene rings is 1. The highest BCUT2D eigenvalue weighted by Gasteiger charge is 2.29. The lowest BCUT2D eigenvalue weighted by atomic mass is 10.2. The predicted octanol–water partition coefficient (Wildman–Crippen LogP) is 2.44. The number of hydrogen-bond acceptors (Lipinski definition) is 3. The van der Waals surface area contributed by atoms with Crippen LogP contribution >= 0.6 is 23.2 Å². The van der Waals surface area contributed by atoms with Crippen LogP contribution in [0, 0.1) is 0 Å². The third kappa shape index (κ3) is 3.36. The van der Waals surface area contributed by atoms with Crippen molar-refractivity contribution in [2.75, 3.05) is 11.9 Å². The molecule has 6 heteroatoms. The Morgan fingerprint density at radius 1 is 1.33 bits per heavy atom. The van der Waals surface area contributed by atoms with Crippen LogP contribution in [0.4, 0.5) is 5.69 Å². The summed E-state index contributed by atoms with van der Waals surface area (Å²) in [5, 5.41) is 3.69. The molecule has 2 unspecified atom stereocenters. The van der Waals surface area contributed by atoms with Crippen LogP contribution in [0.1, 0.15) is 12.8 Å². The van der Waals surface area contributed by atoms with Gasteiger partial charge in [0.25, 0.3) is 5.91 Å². The predicted molar refractivity (Wildman–Crippen MR) is 72.0 cm³/mol. The molecule has 1 aliphatic heterocycles. The number of nitrogens with two attached hydrogens (primary N) is 1. The second kappa shape index (κ2) is 5.89. The maximum absolute atomic E-state index is 11.9. The summed E-state index contributed by atoms with van der Waals surface area (Å²) in [4.78, 5) is 11.9. The van der Waals surface area contributed by atoms with Crippen LogP contribution in [0.5, 0.6) is 0 Å². The zero-order valence-corrected chi connectivity index (χ0v) is 11.2. The Kier molecular flexibility index (Phi) is 4.45. The maximum Gasteiger partial charge on any atom is 0.253 e. The molecule has 1 saturated heterocycles. The van der Waals surface area contributed by atoms with Crippen molar-refractivity contribution in [2.24, 2.45) is 5.73 Å². The van der Waals surface area contributed by atoms with E-state index in [9.17, 15) is 4.79 Å². The molecule has 2 atom stereocenters. The minimum absolute atomic E-state index is 0.0244. The largest absolute Gasteiger partial charge is 0.364 e. The molecule has 1 amide bonds. The van der Waals surface area contributed by atoms with Crippen molar-refractivity contribution in [3.63, 3.8) is 0 Å². The minimum Gasteiger partial charge on any atom is -0.364 e.